The Bertz CT molecular complexity index is 1360. The summed E-state index contributed by atoms with van der Waals surface area (Å²) in [6.45, 7) is 4.33. The molecule has 166 valence electrons. The van der Waals surface area contributed by atoms with Crippen molar-refractivity contribution in [2.45, 2.75) is 20.3 Å². The molecule has 0 unspecified atom stereocenters. The summed E-state index contributed by atoms with van der Waals surface area (Å²) in [5.74, 6) is -0.623. The van der Waals surface area contributed by atoms with Crippen LogP contribution < -0.4 is 10.9 Å². The molecule has 0 radical (unpaired) electrons. The van der Waals surface area contributed by atoms with E-state index in [-0.39, 0.29) is 17.9 Å². The lowest BCUT2D eigenvalue weighted by molar-refractivity contribution is -0.120. The van der Waals surface area contributed by atoms with Gasteiger partial charge in [0.25, 0.3) is 5.56 Å². The van der Waals surface area contributed by atoms with Crippen LogP contribution in [0.25, 0.3) is 21.9 Å². The maximum absolute atomic E-state index is 14.3. The number of carbonyl (C=O) groups is 1. The first-order valence-corrected chi connectivity index (χ1v) is 10.9. The summed E-state index contributed by atoms with van der Waals surface area (Å²) in [5, 5.41) is 9.01. The number of hydrogen-bond donors (Lipinski definition) is 1. The topological polar surface area (TPSA) is 90.5 Å². The number of methoxy groups -OCH3 is 1. The zero-order chi connectivity index (χ0) is 22.8. The van der Waals surface area contributed by atoms with Crippen molar-refractivity contribution < 1.29 is 13.9 Å². The lowest BCUT2D eigenvalue weighted by atomic mass is 10.1. The Morgan fingerprint density at radius 3 is 2.81 bits per heavy atom. The first-order chi connectivity index (χ1) is 15.4. The van der Waals surface area contributed by atoms with Crippen LogP contribution in [0.2, 0.25) is 0 Å². The maximum atomic E-state index is 14.3. The Hall–Kier alpha value is -3.37. The number of aromatic nitrogens is 4. The Kier molecular flexibility index (Phi) is 6.15. The van der Waals surface area contributed by atoms with Crippen molar-refractivity contribution in [2.75, 3.05) is 20.3 Å². The van der Waals surface area contributed by atoms with Crippen LogP contribution in [-0.4, -0.2) is 45.3 Å². The van der Waals surface area contributed by atoms with Gasteiger partial charge in [-0.25, -0.2) is 14.1 Å². The highest BCUT2D eigenvalue weighted by Crippen LogP contribution is 2.24. The number of para-hydroxylation sites is 1. The van der Waals surface area contributed by atoms with Gasteiger partial charge in [0.2, 0.25) is 5.91 Å². The molecule has 1 amide bonds. The standard InChI is InChI=1S/C22H22FN5O3S/c1-13-10-17(26-28(13)18-7-5-4-6-16(18)23)20-14(2)25-22-27(21(20)30)15(12-32-22)11-19(29)24-8-9-31-3/h4-7,10,12H,8-9,11H2,1-3H3,(H,24,29). The number of nitrogens with zero attached hydrogens (tertiary/aromatic N) is 4. The van der Waals surface area contributed by atoms with Crippen molar-refractivity contribution in [1.29, 1.82) is 0 Å². The largest absolute Gasteiger partial charge is 0.383 e. The van der Waals surface area contributed by atoms with Crippen molar-refractivity contribution in [3.63, 3.8) is 0 Å². The number of hydrogen-bond acceptors (Lipinski definition) is 6. The van der Waals surface area contributed by atoms with E-state index < -0.39 is 5.82 Å². The van der Waals surface area contributed by atoms with Crippen LogP contribution in [0.5, 0.6) is 0 Å². The van der Waals surface area contributed by atoms with Crippen molar-refractivity contribution >= 4 is 22.2 Å². The SMILES string of the molecule is COCCNC(=O)Cc1csc2nc(C)c(-c3cc(C)n(-c4ccccc4F)n3)c(=O)n12. The van der Waals surface area contributed by atoms with Gasteiger partial charge < -0.3 is 10.1 Å². The van der Waals surface area contributed by atoms with Crippen molar-refractivity contribution in [3.05, 3.63) is 69.0 Å². The number of aryl methyl sites for hydroxylation is 2. The van der Waals surface area contributed by atoms with Gasteiger partial charge >= 0.3 is 0 Å². The third kappa shape index (κ3) is 4.06. The van der Waals surface area contributed by atoms with E-state index in [1.165, 1.54) is 26.5 Å². The minimum atomic E-state index is -0.410. The molecule has 0 fully saturated rings. The number of carbonyl (C=O) groups excluding carboxylic acids is 1. The predicted octanol–water partition coefficient (Wildman–Crippen LogP) is 2.67. The molecule has 0 bridgehead atoms. The minimum Gasteiger partial charge on any atom is -0.383 e. The smallest absolute Gasteiger partial charge is 0.268 e. The van der Waals surface area contributed by atoms with Gasteiger partial charge in [0, 0.05) is 30.4 Å². The van der Waals surface area contributed by atoms with Crippen molar-refractivity contribution in [1.82, 2.24) is 24.5 Å². The molecule has 32 heavy (non-hydrogen) atoms. The van der Waals surface area contributed by atoms with E-state index in [4.69, 9.17) is 4.74 Å². The van der Waals surface area contributed by atoms with Gasteiger partial charge in [0.05, 0.1) is 24.3 Å². The molecule has 3 aromatic heterocycles. The van der Waals surface area contributed by atoms with E-state index >= 15 is 0 Å². The molecule has 4 aromatic rings. The molecule has 0 atom stereocenters. The van der Waals surface area contributed by atoms with Gasteiger partial charge in [-0.05, 0) is 32.0 Å². The number of halogens is 1. The predicted molar refractivity (Wildman–Crippen MR) is 120 cm³/mol. The highest BCUT2D eigenvalue weighted by Gasteiger charge is 2.20. The van der Waals surface area contributed by atoms with E-state index in [0.29, 0.717) is 52.1 Å². The summed E-state index contributed by atoms with van der Waals surface area (Å²) in [5.41, 5.74) is 2.45. The van der Waals surface area contributed by atoms with Gasteiger partial charge in [-0.15, -0.1) is 11.3 Å². The Morgan fingerprint density at radius 2 is 2.06 bits per heavy atom. The average molecular weight is 456 g/mol. The highest BCUT2D eigenvalue weighted by atomic mass is 32.1. The quantitative estimate of drug-likeness (QED) is 0.433. The number of thiazole rings is 1. The zero-order valence-electron chi connectivity index (χ0n) is 17.9. The first-order valence-electron chi connectivity index (χ1n) is 9.98. The monoisotopic (exact) mass is 455 g/mol. The summed E-state index contributed by atoms with van der Waals surface area (Å²) in [7, 11) is 1.56. The Labute approximate surface area is 187 Å². The van der Waals surface area contributed by atoms with E-state index in [1.54, 1.807) is 50.6 Å². The second-order valence-corrected chi connectivity index (χ2v) is 8.11. The lowest BCUT2D eigenvalue weighted by Gasteiger charge is -2.07. The van der Waals surface area contributed by atoms with Crippen LogP contribution in [0.4, 0.5) is 4.39 Å². The van der Waals surface area contributed by atoms with Gasteiger partial charge in [0.1, 0.15) is 17.2 Å². The first kappa shape index (κ1) is 21.8. The minimum absolute atomic E-state index is 0.0382. The van der Waals surface area contributed by atoms with Crippen LogP contribution in [-0.2, 0) is 16.0 Å². The van der Waals surface area contributed by atoms with Gasteiger partial charge in [-0.2, -0.15) is 5.10 Å². The molecule has 0 spiro atoms. The second kappa shape index (κ2) is 9.01. The van der Waals surface area contributed by atoms with E-state index in [2.05, 4.69) is 15.4 Å². The third-order valence-electron chi connectivity index (χ3n) is 5.02. The molecule has 0 aliphatic carbocycles. The van der Waals surface area contributed by atoms with Gasteiger partial charge in [0.15, 0.2) is 4.96 Å². The summed E-state index contributed by atoms with van der Waals surface area (Å²) < 4.78 is 22.1. The molecule has 0 aliphatic rings. The van der Waals surface area contributed by atoms with E-state index in [0.717, 1.165) is 0 Å². The van der Waals surface area contributed by atoms with Gasteiger partial charge in [-0.1, -0.05) is 12.1 Å². The van der Waals surface area contributed by atoms with E-state index in [1.807, 2.05) is 0 Å². The summed E-state index contributed by atoms with van der Waals surface area (Å²) >= 11 is 1.30. The maximum Gasteiger partial charge on any atom is 0.268 e. The van der Waals surface area contributed by atoms with Crippen LogP contribution in [0, 0.1) is 19.7 Å². The molecule has 4 rings (SSSR count). The normalized spacial score (nSPS) is 11.2. The van der Waals surface area contributed by atoms with Crippen molar-refractivity contribution in [2.24, 2.45) is 0 Å². The zero-order valence-corrected chi connectivity index (χ0v) is 18.7. The summed E-state index contributed by atoms with van der Waals surface area (Å²) in [6, 6.07) is 8.05. The summed E-state index contributed by atoms with van der Waals surface area (Å²) in [6.07, 6.45) is 0.0382. The van der Waals surface area contributed by atoms with Crippen LogP contribution in [0.15, 0.2) is 40.5 Å². The fourth-order valence-electron chi connectivity index (χ4n) is 3.51. The highest BCUT2D eigenvalue weighted by molar-refractivity contribution is 7.15. The molecule has 8 nitrogen and oxygen atoms in total. The molecular formula is C22H22FN5O3S. The summed E-state index contributed by atoms with van der Waals surface area (Å²) in [4.78, 5) is 30.8. The average Bonchev–Trinajstić information content (AvgIpc) is 3.32. The van der Waals surface area contributed by atoms with Crippen LogP contribution in [0.1, 0.15) is 17.1 Å². The molecular weight excluding hydrogens is 433 g/mol. The Balaban J connectivity index is 1.76. The molecule has 0 aliphatic heterocycles. The fourth-order valence-corrected chi connectivity index (χ4v) is 4.43. The molecule has 0 saturated carbocycles. The van der Waals surface area contributed by atoms with Gasteiger partial charge in [-0.3, -0.25) is 14.0 Å². The second-order valence-electron chi connectivity index (χ2n) is 7.28. The number of fused-ring (bicyclic) bond motifs is 1. The molecule has 1 aromatic carbocycles. The number of benzene rings is 1. The third-order valence-corrected chi connectivity index (χ3v) is 5.89. The fraction of sp³-hybridized carbons (Fsp3) is 0.273. The van der Waals surface area contributed by atoms with E-state index in [9.17, 15) is 14.0 Å². The molecule has 3 heterocycles. The molecule has 0 saturated heterocycles. The number of amides is 1. The number of rotatable bonds is 7. The lowest BCUT2D eigenvalue weighted by Crippen LogP contribution is -2.30. The Morgan fingerprint density at radius 1 is 1.28 bits per heavy atom. The van der Waals surface area contributed by atoms with Crippen molar-refractivity contribution in [3.8, 4) is 16.9 Å². The number of ether oxygens (including phenoxy) is 1. The number of nitrogens with one attached hydrogen (secondary N) is 1. The molecule has 10 heteroatoms. The van der Waals surface area contributed by atoms with Crippen LogP contribution >= 0.6 is 11.3 Å². The van der Waals surface area contributed by atoms with Crippen LogP contribution in [0.3, 0.4) is 0 Å². The molecule has 1 N–H and O–H groups in total.